The Morgan fingerprint density at radius 3 is 2.18 bits per heavy atom. The van der Waals surface area contributed by atoms with E-state index in [0.29, 0.717) is 17.0 Å². The first-order valence-corrected chi connectivity index (χ1v) is 14.2. The van der Waals surface area contributed by atoms with Crippen molar-refractivity contribution in [3.63, 3.8) is 0 Å². The monoisotopic (exact) mass is 557 g/mol. The molecule has 3 N–H and O–H groups in total. The molecule has 0 heterocycles. The molecule has 0 spiro atoms. The van der Waals surface area contributed by atoms with E-state index in [4.69, 9.17) is 11.6 Å². The van der Waals surface area contributed by atoms with Crippen LogP contribution in [0.5, 0.6) is 0 Å². The molecule has 0 aromatic heterocycles. The van der Waals surface area contributed by atoms with Crippen LogP contribution in [0.1, 0.15) is 36.1 Å². The fourth-order valence-corrected chi connectivity index (χ4v) is 5.16. The van der Waals surface area contributed by atoms with Crippen molar-refractivity contribution in [2.24, 2.45) is 0 Å². The Balaban J connectivity index is 1.87. The van der Waals surface area contributed by atoms with Gasteiger partial charge in [0.05, 0.1) is 11.5 Å². The number of hydrogen-bond acceptors (Lipinski definition) is 5. The van der Waals surface area contributed by atoms with E-state index in [2.05, 4.69) is 10.0 Å². The Bertz CT molecular complexity index is 1300. The number of aliphatic hydroxyl groups excluding tert-OH is 1. The second-order valence-corrected chi connectivity index (χ2v) is 10.8. The van der Waals surface area contributed by atoms with Gasteiger partial charge in [-0.2, -0.15) is 0 Å². The summed E-state index contributed by atoms with van der Waals surface area (Å²) in [5.74, 6) is -0.650. The van der Waals surface area contributed by atoms with Gasteiger partial charge in [0.15, 0.2) is 0 Å². The van der Waals surface area contributed by atoms with Crippen LogP contribution in [0.2, 0.25) is 5.02 Å². The number of aliphatic hydroxyl groups is 1. The van der Waals surface area contributed by atoms with E-state index in [1.807, 2.05) is 6.07 Å². The maximum absolute atomic E-state index is 13.7. The number of aryl methyl sites for hydroxylation is 1. The number of rotatable bonds is 13. The van der Waals surface area contributed by atoms with Crippen molar-refractivity contribution in [2.45, 2.75) is 37.2 Å². The predicted octanol–water partition coefficient (Wildman–Crippen LogP) is 3.45. The molecular formula is C28H32ClN3O5S. The van der Waals surface area contributed by atoms with Gasteiger partial charge in [-0.1, -0.05) is 73.1 Å². The van der Waals surface area contributed by atoms with Gasteiger partial charge in [-0.3, -0.25) is 9.59 Å². The second-order valence-electron chi connectivity index (χ2n) is 8.62. The summed E-state index contributed by atoms with van der Waals surface area (Å²) in [5, 5.41) is 12.5. The van der Waals surface area contributed by atoms with Crippen molar-refractivity contribution < 1.29 is 23.1 Å². The molecule has 10 heteroatoms. The average Bonchev–Trinajstić information content (AvgIpc) is 2.92. The number of benzene rings is 3. The fourth-order valence-electron chi connectivity index (χ4n) is 4.00. The topological polar surface area (TPSA) is 116 Å². The molecule has 0 aliphatic rings. The molecule has 1 atom stereocenters. The number of nitrogens with one attached hydrogen (secondary N) is 2. The summed E-state index contributed by atoms with van der Waals surface area (Å²) in [5.41, 5.74) is 2.24. The Kier molecular flexibility index (Phi) is 10.8. The van der Waals surface area contributed by atoms with Crippen LogP contribution in [0, 0.1) is 0 Å². The molecule has 0 unspecified atom stereocenters. The van der Waals surface area contributed by atoms with Crippen LogP contribution in [-0.2, 0) is 32.6 Å². The molecule has 38 heavy (non-hydrogen) atoms. The van der Waals surface area contributed by atoms with Gasteiger partial charge in [-0.25, -0.2) is 13.1 Å². The molecule has 0 fully saturated rings. The zero-order valence-electron chi connectivity index (χ0n) is 21.1. The molecular weight excluding hydrogens is 526 g/mol. The van der Waals surface area contributed by atoms with E-state index in [0.717, 1.165) is 11.1 Å². The molecule has 8 nitrogen and oxygen atoms in total. The lowest BCUT2D eigenvalue weighted by Gasteiger charge is -2.32. The Hall–Kier alpha value is -3.24. The third kappa shape index (κ3) is 8.13. The number of carbonyl (C=O) groups is 2. The number of hydrogen-bond donors (Lipinski definition) is 3. The van der Waals surface area contributed by atoms with Crippen molar-refractivity contribution in [2.75, 3.05) is 19.7 Å². The minimum absolute atomic E-state index is 0.0628. The van der Waals surface area contributed by atoms with Crippen molar-refractivity contribution in [3.05, 3.63) is 101 Å². The number of nitrogens with zero attached hydrogens (tertiary/aromatic N) is 1. The van der Waals surface area contributed by atoms with Crippen LogP contribution in [0.25, 0.3) is 0 Å². The lowest BCUT2D eigenvalue weighted by molar-refractivity contribution is -0.141. The zero-order valence-corrected chi connectivity index (χ0v) is 22.7. The summed E-state index contributed by atoms with van der Waals surface area (Å²) in [4.78, 5) is 28.6. The third-order valence-corrected chi connectivity index (χ3v) is 7.68. The van der Waals surface area contributed by atoms with Crippen molar-refractivity contribution in [1.29, 1.82) is 0 Å². The lowest BCUT2D eigenvalue weighted by Crippen LogP contribution is -2.44. The van der Waals surface area contributed by atoms with E-state index in [9.17, 15) is 23.1 Å². The van der Waals surface area contributed by atoms with Crippen molar-refractivity contribution in [3.8, 4) is 0 Å². The zero-order chi connectivity index (χ0) is 27.5. The summed E-state index contributed by atoms with van der Waals surface area (Å²) in [6.07, 6.45) is 0.459. The first kappa shape index (κ1) is 29.3. The Morgan fingerprint density at radius 1 is 0.947 bits per heavy atom. The van der Waals surface area contributed by atoms with Crippen LogP contribution >= 0.6 is 11.6 Å². The molecule has 0 aliphatic carbocycles. The van der Waals surface area contributed by atoms with E-state index in [-0.39, 0.29) is 43.5 Å². The standard InChI is InChI=1S/C28H32ClN3O5S/c1-2-31-38(36,37)25-15-10-21(11-16-25)12-17-26(34)32(20-22-8-13-24(29)14-9-22)27(28(35)30-18-19-33)23-6-4-3-5-7-23/h3-11,13-16,27,31,33H,2,12,17-20H2,1H3,(H,30,35)/t27-/m0/s1. The van der Waals surface area contributed by atoms with Crippen LogP contribution in [0.3, 0.4) is 0 Å². The minimum atomic E-state index is -3.57. The van der Waals surface area contributed by atoms with Gasteiger partial charge >= 0.3 is 0 Å². The number of amides is 2. The molecule has 3 aromatic rings. The van der Waals surface area contributed by atoms with Crippen molar-refractivity contribution in [1.82, 2.24) is 14.9 Å². The molecule has 0 saturated carbocycles. The molecule has 0 bridgehead atoms. The molecule has 0 aliphatic heterocycles. The number of carbonyl (C=O) groups excluding carboxylic acids is 2. The van der Waals surface area contributed by atoms with Crippen LogP contribution in [0.4, 0.5) is 0 Å². The highest BCUT2D eigenvalue weighted by molar-refractivity contribution is 7.89. The van der Waals surface area contributed by atoms with Crippen LogP contribution in [-0.4, -0.2) is 49.9 Å². The highest BCUT2D eigenvalue weighted by Gasteiger charge is 2.31. The Labute approximate surface area is 228 Å². The first-order chi connectivity index (χ1) is 18.2. The van der Waals surface area contributed by atoms with Gasteiger partial charge in [-0.15, -0.1) is 0 Å². The smallest absolute Gasteiger partial charge is 0.247 e. The highest BCUT2D eigenvalue weighted by atomic mass is 35.5. The largest absolute Gasteiger partial charge is 0.395 e. The quantitative estimate of drug-likeness (QED) is 0.298. The first-order valence-electron chi connectivity index (χ1n) is 12.3. The molecule has 3 aromatic carbocycles. The van der Waals surface area contributed by atoms with E-state index < -0.39 is 22.0 Å². The summed E-state index contributed by atoms with van der Waals surface area (Å²) < 4.78 is 26.9. The average molecular weight is 558 g/mol. The summed E-state index contributed by atoms with van der Waals surface area (Å²) in [6.45, 7) is 2.00. The highest BCUT2D eigenvalue weighted by Crippen LogP contribution is 2.26. The van der Waals surface area contributed by atoms with Crippen LogP contribution < -0.4 is 10.0 Å². The number of sulfonamides is 1. The van der Waals surface area contributed by atoms with Gasteiger partial charge in [-0.05, 0) is 47.4 Å². The fraction of sp³-hybridized carbons (Fsp3) is 0.286. The molecule has 0 radical (unpaired) electrons. The summed E-state index contributed by atoms with van der Waals surface area (Å²) >= 11 is 6.04. The normalized spacial score (nSPS) is 12.1. The Morgan fingerprint density at radius 2 is 1.58 bits per heavy atom. The lowest BCUT2D eigenvalue weighted by atomic mass is 10.0. The van der Waals surface area contributed by atoms with Gasteiger partial charge < -0.3 is 15.3 Å². The molecule has 202 valence electrons. The predicted molar refractivity (Wildman–Crippen MR) is 147 cm³/mol. The summed E-state index contributed by atoms with van der Waals surface area (Å²) in [6, 6.07) is 21.5. The van der Waals surface area contributed by atoms with Gasteiger partial charge in [0.25, 0.3) is 0 Å². The molecule has 3 rings (SSSR count). The molecule has 2 amide bonds. The SMILES string of the molecule is CCNS(=O)(=O)c1ccc(CCC(=O)N(Cc2ccc(Cl)cc2)[C@H](C(=O)NCCO)c2ccccc2)cc1. The second kappa shape index (κ2) is 14.1. The van der Waals surface area contributed by atoms with Crippen molar-refractivity contribution >= 4 is 33.4 Å². The van der Waals surface area contributed by atoms with Crippen LogP contribution in [0.15, 0.2) is 83.8 Å². The van der Waals surface area contributed by atoms with Gasteiger partial charge in [0.2, 0.25) is 21.8 Å². The van der Waals surface area contributed by atoms with E-state index in [1.54, 1.807) is 67.6 Å². The van der Waals surface area contributed by atoms with E-state index >= 15 is 0 Å². The number of halogens is 1. The van der Waals surface area contributed by atoms with Gasteiger partial charge in [0, 0.05) is 31.1 Å². The molecule has 0 saturated heterocycles. The minimum Gasteiger partial charge on any atom is -0.395 e. The van der Waals surface area contributed by atoms with E-state index in [1.165, 1.54) is 17.0 Å². The summed E-state index contributed by atoms with van der Waals surface area (Å²) in [7, 11) is -3.57. The third-order valence-electron chi connectivity index (χ3n) is 5.87. The van der Waals surface area contributed by atoms with Gasteiger partial charge in [0.1, 0.15) is 6.04 Å². The maximum Gasteiger partial charge on any atom is 0.247 e. The maximum atomic E-state index is 13.7.